The number of aliphatic imine (C=N–C) groups is 1. The number of halogens is 6. The van der Waals surface area contributed by atoms with Gasteiger partial charge in [-0.3, -0.25) is 10.2 Å². The third kappa shape index (κ3) is 7.87. The Bertz CT molecular complexity index is 480. The largest absolute Gasteiger partial charge is 0.490 e. The first-order valence-corrected chi connectivity index (χ1v) is 5.91. The number of aliphatic carboxylic acids is 2. The summed E-state index contributed by atoms with van der Waals surface area (Å²) in [6.07, 6.45) is -7.55. The molecular weight excluding hydrogens is 356 g/mol. The zero-order valence-electron chi connectivity index (χ0n) is 11.5. The molecule has 0 spiro atoms. The summed E-state index contributed by atoms with van der Waals surface area (Å²) in [5.74, 6) is -5.13. The highest BCUT2D eigenvalue weighted by Gasteiger charge is 2.39. The van der Waals surface area contributed by atoms with Crippen molar-refractivity contribution in [1.29, 1.82) is 0 Å². The molecule has 2 aliphatic heterocycles. The van der Waals surface area contributed by atoms with Gasteiger partial charge in [-0.25, -0.2) is 20.0 Å². The first kappa shape index (κ1) is 21.8. The van der Waals surface area contributed by atoms with E-state index in [1.165, 1.54) is 0 Å². The van der Waals surface area contributed by atoms with Crippen molar-refractivity contribution < 1.29 is 50.9 Å². The van der Waals surface area contributed by atoms with Crippen molar-refractivity contribution in [2.75, 3.05) is 6.54 Å². The average Bonchev–Trinajstić information content (AvgIpc) is 2.87. The van der Waals surface area contributed by atoms with Crippen LogP contribution >= 0.6 is 0 Å². The topological polar surface area (TPSA) is 128 Å². The molecule has 2 rings (SSSR count). The van der Waals surface area contributed by atoms with Crippen molar-refractivity contribution in [2.45, 2.75) is 24.8 Å². The third-order valence-corrected chi connectivity index (χ3v) is 2.47. The maximum absolute atomic E-state index is 11.0. The number of fused-ring (bicyclic) bond motifs is 1. The van der Waals surface area contributed by atoms with Gasteiger partial charge in [0.05, 0.1) is 0 Å². The molecule has 0 aromatic carbocycles. The fourth-order valence-corrected chi connectivity index (χ4v) is 1.38. The smallest absolute Gasteiger partial charge is 0.475 e. The average molecular weight is 367 g/mol. The van der Waals surface area contributed by atoms with Gasteiger partial charge in [0.2, 0.25) is 0 Å². The number of carbonyl (C=O) groups excluding carboxylic acids is 1. The Labute approximate surface area is 129 Å². The van der Waals surface area contributed by atoms with Crippen LogP contribution in [-0.2, 0) is 14.4 Å². The normalized spacial score (nSPS) is 22.5. The van der Waals surface area contributed by atoms with E-state index in [2.05, 4.69) is 15.8 Å². The van der Waals surface area contributed by atoms with Crippen molar-refractivity contribution in [3.05, 3.63) is 0 Å². The predicted molar refractivity (Wildman–Crippen MR) is 63.9 cm³/mol. The fourth-order valence-electron chi connectivity index (χ4n) is 1.38. The van der Waals surface area contributed by atoms with Gasteiger partial charge in [0.15, 0.2) is 0 Å². The van der Waals surface area contributed by atoms with E-state index < -0.39 is 24.3 Å². The van der Waals surface area contributed by atoms with Gasteiger partial charge in [-0.15, -0.1) is 0 Å². The lowest BCUT2D eigenvalue weighted by Gasteiger charge is -2.15. The van der Waals surface area contributed by atoms with Crippen LogP contribution in [0.1, 0.15) is 6.42 Å². The zero-order valence-corrected chi connectivity index (χ0v) is 11.5. The summed E-state index contributed by atoms with van der Waals surface area (Å²) >= 11 is 0. The summed E-state index contributed by atoms with van der Waals surface area (Å²) < 4.78 is 63.5. The van der Waals surface area contributed by atoms with Gasteiger partial charge in [-0.2, -0.15) is 26.3 Å². The van der Waals surface area contributed by atoms with E-state index in [9.17, 15) is 31.1 Å². The Balaban J connectivity index is 0.000000343. The van der Waals surface area contributed by atoms with Crippen molar-refractivity contribution >= 4 is 24.1 Å². The third-order valence-electron chi connectivity index (χ3n) is 2.47. The summed E-state index contributed by atoms with van der Waals surface area (Å²) in [7, 11) is 0. The van der Waals surface area contributed by atoms with Crippen LogP contribution in [0.5, 0.6) is 0 Å². The molecule has 0 aliphatic carbocycles. The van der Waals surface area contributed by atoms with Crippen molar-refractivity contribution in [3.8, 4) is 0 Å². The second-order valence-corrected chi connectivity index (χ2v) is 4.25. The second-order valence-electron chi connectivity index (χ2n) is 4.25. The highest BCUT2D eigenvalue weighted by Crippen LogP contribution is 2.16. The van der Waals surface area contributed by atoms with Gasteiger partial charge in [0.25, 0.3) is 5.91 Å². The van der Waals surface area contributed by atoms with Crippen LogP contribution in [0.2, 0.25) is 0 Å². The van der Waals surface area contributed by atoms with Crippen LogP contribution in [0, 0.1) is 5.92 Å². The molecule has 138 valence electrons. The lowest BCUT2D eigenvalue weighted by Crippen LogP contribution is -2.39. The summed E-state index contributed by atoms with van der Waals surface area (Å²) in [4.78, 5) is 32.5. The fraction of sp³-hybridized carbons (Fsp3) is 0.600. The van der Waals surface area contributed by atoms with Gasteiger partial charge >= 0.3 is 24.3 Å². The number of alkyl halides is 6. The number of carboxylic acid groups (broad SMARTS) is 2. The molecule has 2 aliphatic rings. The Morgan fingerprint density at radius 2 is 1.50 bits per heavy atom. The second kappa shape index (κ2) is 8.58. The van der Waals surface area contributed by atoms with Crippen LogP contribution in [0.3, 0.4) is 0 Å². The molecule has 1 amide bonds. The highest BCUT2D eigenvalue weighted by molar-refractivity contribution is 5.92. The quantitative estimate of drug-likeness (QED) is 0.455. The number of nitrogens with zero attached hydrogens (tertiary/aromatic N) is 1. The molecule has 0 aromatic rings. The van der Waals surface area contributed by atoms with Crippen molar-refractivity contribution in [2.24, 2.45) is 10.9 Å². The molecule has 0 bridgehead atoms. The minimum atomic E-state index is -5.08. The van der Waals surface area contributed by atoms with Crippen LogP contribution in [0.15, 0.2) is 4.99 Å². The maximum atomic E-state index is 11.0. The Morgan fingerprint density at radius 3 is 1.83 bits per heavy atom. The molecule has 8 nitrogen and oxygen atoms in total. The molecule has 2 heterocycles. The van der Waals surface area contributed by atoms with Crippen LogP contribution in [-0.4, -0.2) is 59.2 Å². The molecule has 1 saturated heterocycles. The van der Waals surface area contributed by atoms with E-state index >= 15 is 0 Å². The molecule has 2 unspecified atom stereocenters. The molecule has 1 fully saturated rings. The van der Waals surface area contributed by atoms with Gasteiger partial charge in [0, 0.05) is 18.7 Å². The maximum Gasteiger partial charge on any atom is 0.490 e. The Morgan fingerprint density at radius 1 is 1.08 bits per heavy atom. The first-order valence-electron chi connectivity index (χ1n) is 5.91. The highest BCUT2D eigenvalue weighted by atomic mass is 19.4. The van der Waals surface area contributed by atoms with Crippen LogP contribution in [0.4, 0.5) is 26.3 Å². The van der Waals surface area contributed by atoms with Gasteiger partial charge < -0.3 is 10.2 Å². The summed E-state index contributed by atoms with van der Waals surface area (Å²) in [5.41, 5.74) is 5.84. The zero-order chi connectivity index (χ0) is 19.1. The molecule has 24 heavy (non-hydrogen) atoms. The number of amides is 1. The van der Waals surface area contributed by atoms with Gasteiger partial charge in [0.1, 0.15) is 6.04 Å². The van der Waals surface area contributed by atoms with E-state index in [0.29, 0.717) is 5.92 Å². The van der Waals surface area contributed by atoms with Crippen LogP contribution in [0.25, 0.3) is 0 Å². The summed E-state index contributed by atoms with van der Waals surface area (Å²) in [5, 5.41) is 14.2. The molecule has 0 saturated carbocycles. The number of carboxylic acids is 2. The van der Waals surface area contributed by atoms with E-state index in [1.807, 2.05) is 0 Å². The number of nitrogens with one attached hydrogen (secondary N) is 2. The van der Waals surface area contributed by atoms with E-state index in [0.717, 1.165) is 13.0 Å². The SMILES string of the molecule is O=C(O)C(F)(F)F.O=C(O)C(F)(F)F.O=C1N=CCC2CNNC12. The lowest BCUT2D eigenvalue weighted by atomic mass is 9.96. The Kier molecular flexibility index (Phi) is 7.79. The van der Waals surface area contributed by atoms with Crippen LogP contribution < -0.4 is 10.9 Å². The lowest BCUT2D eigenvalue weighted by molar-refractivity contribution is -0.193. The number of carbonyl (C=O) groups is 3. The first-order chi connectivity index (χ1) is 10.8. The van der Waals surface area contributed by atoms with Gasteiger partial charge in [-0.05, 0) is 6.42 Å². The number of hydrogen-bond acceptors (Lipinski definition) is 5. The van der Waals surface area contributed by atoms with E-state index in [4.69, 9.17) is 19.8 Å². The molecule has 4 N–H and O–H groups in total. The standard InChI is InChI=1S/C6H9N3O.2C2HF3O2/c10-6-5-4(1-2-7-6)3-8-9-5;2*3-2(4,5)1(6)7/h2,4-5,8-9H,1,3H2;2*(H,6,7). The molecular formula is C10H11F6N3O5. The van der Waals surface area contributed by atoms with E-state index in [1.54, 1.807) is 6.21 Å². The number of hydrazine groups is 1. The van der Waals surface area contributed by atoms with Crippen molar-refractivity contribution in [1.82, 2.24) is 10.9 Å². The molecule has 14 heteroatoms. The molecule has 0 aromatic heterocycles. The van der Waals surface area contributed by atoms with E-state index in [-0.39, 0.29) is 11.9 Å². The van der Waals surface area contributed by atoms with Gasteiger partial charge in [-0.1, -0.05) is 0 Å². The monoisotopic (exact) mass is 367 g/mol. The minimum absolute atomic E-state index is 0.0405. The predicted octanol–water partition coefficient (Wildman–Crippen LogP) is 0.347. The molecule has 0 radical (unpaired) electrons. The molecule has 2 atom stereocenters. The summed E-state index contributed by atoms with van der Waals surface area (Å²) in [6.45, 7) is 0.877. The summed E-state index contributed by atoms with van der Waals surface area (Å²) in [6, 6.07) is -0.0648. The minimum Gasteiger partial charge on any atom is -0.475 e. The number of rotatable bonds is 0. The Hall–Kier alpha value is -2.22. The van der Waals surface area contributed by atoms with Crippen molar-refractivity contribution in [3.63, 3.8) is 0 Å². The number of hydrogen-bond donors (Lipinski definition) is 4.